The Hall–Kier alpha value is -2.78. The normalized spacial score (nSPS) is 24.0. The number of ketones is 1. The van der Waals surface area contributed by atoms with Crippen molar-refractivity contribution in [1.29, 1.82) is 0 Å². The van der Waals surface area contributed by atoms with E-state index in [1.54, 1.807) is 45.9 Å². The highest BCUT2D eigenvalue weighted by atomic mass is 32.2. The van der Waals surface area contributed by atoms with Crippen molar-refractivity contribution in [2.24, 2.45) is 0 Å². The third kappa shape index (κ3) is 6.61. The number of β-lactam (4-membered cyclic amide) rings is 1. The lowest BCUT2D eigenvalue weighted by Crippen LogP contribution is -2.70. The third-order valence-corrected chi connectivity index (χ3v) is 6.47. The Morgan fingerprint density at radius 2 is 1.94 bits per heavy atom. The molecule has 0 bridgehead atoms. The molecule has 1 fully saturated rings. The molecule has 3 atom stereocenters. The summed E-state index contributed by atoms with van der Waals surface area (Å²) in [6.45, 7) is 12.4. The topological polar surface area (TPSA) is 110 Å². The number of carboxylic acid groups (broad SMARTS) is 1. The number of allylic oxidation sites excluding steroid dienone is 6. The summed E-state index contributed by atoms with van der Waals surface area (Å²) >= 11 is 0. The van der Waals surface area contributed by atoms with Gasteiger partial charge in [-0.15, -0.1) is 0 Å². The largest absolute Gasteiger partial charge is 0.489 e. The molecular formula is C24H31NO7S. The Labute approximate surface area is 196 Å². The van der Waals surface area contributed by atoms with E-state index >= 15 is 0 Å². The summed E-state index contributed by atoms with van der Waals surface area (Å²) in [7, 11) is -1.54. The van der Waals surface area contributed by atoms with E-state index in [1.165, 1.54) is 12.2 Å². The zero-order valence-electron chi connectivity index (χ0n) is 19.6. The van der Waals surface area contributed by atoms with Crippen molar-refractivity contribution in [2.75, 3.05) is 12.4 Å². The zero-order valence-corrected chi connectivity index (χ0v) is 20.4. The third-order valence-electron chi connectivity index (χ3n) is 4.84. The lowest BCUT2D eigenvalue weighted by atomic mass is 10.0. The van der Waals surface area contributed by atoms with Crippen molar-refractivity contribution >= 4 is 28.5 Å². The summed E-state index contributed by atoms with van der Waals surface area (Å²) in [6.07, 6.45) is 7.48. The fourth-order valence-electron chi connectivity index (χ4n) is 3.24. The molecule has 2 rings (SSSR count). The molecule has 8 nitrogen and oxygen atoms in total. The molecule has 2 aliphatic rings. The fourth-order valence-corrected chi connectivity index (χ4v) is 4.86. The highest BCUT2D eigenvalue weighted by Crippen LogP contribution is 2.38. The summed E-state index contributed by atoms with van der Waals surface area (Å²) in [5, 5.41) is 8.92. The number of fused-ring (bicyclic) bond motifs is 1. The van der Waals surface area contributed by atoms with Crippen molar-refractivity contribution in [2.45, 2.75) is 58.1 Å². The van der Waals surface area contributed by atoms with Crippen LogP contribution >= 0.6 is 0 Å². The smallest absolute Gasteiger partial charge is 0.352 e. The SMILES string of the molecule is C=C\C(=C/C=C(C)/C=C\C(=O)CC)OCC1=C(C(=O)O)N2C(=O)[C@H](OC(C)(C)C)[C@H]2S(=O)C1. The highest BCUT2D eigenvalue weighted by molar-refractivity contribution is 7.86. The fraction of sp³-hybridized carbons (Fsp3) is 0.458. The molecule has 0 saturated carbocycles. The van der Waals surface area contributed by atoms with Crippen LogP contribution in [0.2, 0.25) is 0 Å². The zero-order chi connectivity index (χ0) is 24.9. The van der Waals surface area contributed by atoms with Crippen LogP contribution < -0.4 is 0 Å². The summed E-state index contributed by atoms with van der Waals surface area (Å²) < 4.78 is 24.2. The van der Waals surface area contributed by atoms with Crippen molar-refractivity contribution in [3.05, 3.63) is 59.6 Å². The molecule has 1 amide bonds. The quantitative estimate of drug-likeness (QED) is 0.223. The molecule has 0 spiro atoms. The minimum atomic E-state index is -1.54. The van der Waals surface area contributed by atoms with Gasteiger partial charge in [-0.25, -0.2) is 4.79 Å². The average molecular weight is 478 g/mol. The van der Waals surface area contributed by atoms with Crippen LogP contribution in [0.4, 0.5) is 0 Å². The number of ether oxygens (including phenoxy) is 2. The Morgan fingerprint density at radius 1 is 1.27 bits per heavy atom. The average Bonchev–Trinajstić information content (AvgIpc) is 2.74. The van der Waals surface area contributed by atoms with Gasteiger partial charge in [-0.05, 0) is 45.9 Å². The van der Waals surface area contributed by atoms with Crippen LogP contribution in [0.15, 0.2) is 59.6 Å². The second-order valence-corrected chi connectivity index (χ2v) is 10.2. The number of carbonyl (C=O) groups excluding carboxylic acids is 2. The predicted molar refractivity (Wildman–Crippen MR) is 125 cm³/mol. The maximum atomic E-state index is 12.8. The Kier molecular flexibility index (Phi) is 8.74. The molecule has 0 radical (unpaired) electrons. The number of amides is 1. The first-order valence-corrected chi connectivity index (χ1v) is 12.0. The van der Waals surface area contributed by atoms with Crippen LogP contribution in [0.3, 0.4) is 0 Å². The van der Waals surface area contributed by atoms with Gasteiger partial charge in [-0.1, -0.05) is 31.2 Å². The van der Waals surface area contributed by atoms with Crippen LogP contribution in [0.1, 0.15) is 41.0 Å². The van der Waals surface area contributed by atoms with Crippen LogP contribution in [0.25, 0.3) is 0 Å². The maximum absolute atomic E-state index is 12.8. The first kappa shape index (κ1) is 26.5. The van der Waals surface area contributed by atoms with Gasteiger partial charge in [0.1, 0.15) is 23.4 Å². The van der Waals surface area contributed by atoms with Crippen LogP contribution in [0.5, 0.6) is 0 Å². The van der Waals surface area contributed by atoms with E-state index in [0.29, 0.717) is 12.2 Å². The lowest BCUT2D eigenvalue weighted by molar-refractivity contribution is -0.178. The van der Waals surface area contributed by atoms with Crippen molar-refractivity contribution in [3.63, 3.8) is 0 Å². The molecule has 0 aliphatic carbocycles. The predicted octanol–water partition coefficient (Wildman–Crippen LogP) is 3.01. The van der Waals surface area contributed by atoms with Gasteiger partial charge in [0.2, 0.25) is 0 Å². The van der Waals surface area contributed by atoms with E-state index in [0.717, 1.165) is 10.5 Å². The van der Waals surface area contributed by atoms with Crippen molar-refractivity contribution in [3.8, 4) is 0 Å². The molecule has 0 aromatic rings. The molecule has 0 aromatic carbocycles. The molecule has 33 heavy (non-hydrogen) atoms. The van der Waals surface area contributed by atoms with Crippen molar-refractivity contribution < 1.29 is 33.2 Å². The molecule has 1 unspecified atom stereocenters. The van der Waals surface area contributed by atoms with Gasteiger partial charge < -0.3 is 14.6 Å². The number of rotatable bonds is 10. The van der Waals surface area contributed by atoms with Crippen molar-refractivity contribution in [1.82, 2.24) is 4.90 Å². The molecule has 9 heteroatoms. The van der Waals surface area contributed by atoms with Gasteiger partial charge in [-0.2, -0.15) is 0 Å². The summed E-state index contributed by atoms with van der Waals surface area (Å²) in [5.41, 5.74) is 0.209. The molecule has 2 heterocycles. The standard InChI is InChI=1S/C24H31NO7S/c1-7-17(26)11-9-15(3)10-12-18(8-2)31-13-16-14-33(30)22-20(32-24(4,5)6)21(27)25(22)19(16)23(28)29/h8-12,20,22H,2,7,13-14H2,1,3-6H3,(H,28,29)/b11-9-,15-10+,18-12+/t20-,22+,33?/m0/s1. The van der Waals surface area contributed by atoms with E-state index in [4.69, 9.17) is 9.47 Å². The van der Waals surface area contributed by atoms with E-state index < -0.39 is 39.8 Å². The van der Waals surface area contributed by atoms with Gasteiger partial charge in [0.25, 0.3) is 5.91 Å². The second-order valence-electron chi connectivity index (χ2n) is 8.66. The number of carbonyl (C=O) groups is 3. The Bertz CT molecular complexity index is 981. The minimum Gasteiger partial charge on any atom is -0.489 e. The molecule has 0 aromatic heterocycles. The number of nitrogens with zero attached hydrogens (tertiary/aromatic N) is 1. The van der Waals surface area contributed by atoms with Crippen LogP contribution in [-0.4, -0.2) is 61.3 Å². The molecule has 1 saturated heterocycles. The summed E-state index contributed by atoms with van der Waals surface area (Å²) in [5.74, 6) is -1.48. The molecular weight excluding hydrogens is 446 g/mol. The van der Waals surface area contributed by atoms with Gasteiger partial charge >= 0.3 is 5.97 Å². The van der Waals surface area contributed by atoms with E-state index in [2.05, 4.69) is 6.58 Å². The van der Waals surface area contributed by atoms with E-state index in [1.807, 2.05) is 6.92 Å². The van der Waals surface area contributed by atoms with E-state index in [-0.39, 0.29) is 29.4 Å². The number of hydrogen-bond donors (Lipinski definition) is 1. The number of carboxylic acids is 1. The minimum absolute atomic E-state index is 0.0133. The Balaban J connectivity index is 2.20. The Morgan fingerprint density at radius 3 is 2.48 bits per heavy atom. The first-order chi connectivity index (χ1) is 15.4. The van der Waals surface area contributed by atoms with Gasteiger partial charge in [0, 0.05) is 12.0 Å². The van der Waals surface area contributed by atoms with Gasteiger partial charge in [0.05, 0.1) is 22.2 Å². The second kappa shape index (κ2) is 10.9. The summed E-state index contributed by atoms with van der Waals surface area (Å²) in [4.78, 5) is 37.0. The summed E-state index contributed by atoms with van der Waals surface area (Å²) in [6, 6.07) is 0. The lowest BCUT2D eigenvalue weighted by Gasteiger charge is -2.50. The maximum Gasteiger partial charge on any atom is 0.352 e. The van der Waals surface area contributed by atoms with Crippen LogP contribution in [0, 0.1) is 0 Å². The monoisotopic (exact) mass is 477 g/mol. The highest BCUT2D eigenvalue weighted by Gasteiger charge is 2.58. The first-order valence-electron chi connectivity index (χ1n) is 10.6. The van der Waals surface area contributed by atoms with Gasteiger partial charge in [-0.3, -0.25) is 18.7 Å². The number of aliphatic carboxylic acids is 1. The van der Waals surface area contributed by atoms with E-state index in [9.17, 15) is 23.7 Å². The van der Waals surface area contributed by atoms with Gasteiger partial charge in [0.15, 0.2) is 11.9 Å². The van der Waals surface area contributed by atoms with Crippen LogP contribution in [-0.2, 0) is 34.7 Å². The molecule has 1 N–H and O–H groups in total. The molecule has 180 valence electrons. The molecule has 2 aliphatic heterocycles. The number of hydrogen-bond acceptors (Lipinski definition) is 6.